The number of anilines is 1. The van der Waals surface area contributed by atoms with Crippen LogP contribution in [0.25, 0.3) is 0 Å². The number of ether oxygens (including phenoxy) is 3. The topological polar surface area (TPSA) is 117 Å². The summed E-state index contributed by atoms with van der Waals surface area (Å²) in [5, 5.41) is 11.9. The summed E-state index contributed by atoms with van der Waals surface area (Å²) in [4.78, 5) is 23.8. The first kappa shape index (κ1) is 22.4. The van der Waals surface area contributed by atoms with Crippen LogP contribution < -0.4 is 19.7 Å². The molecule has 0 unspecified atom stereocenters. The van der Waals surface area contributed by atoms with Crippen molar-refractivity contribution in [2.24, 2.45) is 0 Å². The molecular weight excluding hydrogens is 462 g/mol. The molecule has 1 amide bonds. The van der Waals surface area contributed by atoms with Crippen LogP contribution >= 0.6 is 11.6 Å². The van der Waals surface area contributed by atoms with Crippen molar-refractivity contribution in [2.45, 2.75) is 31.7 Å². The Labute approximate surface area is 201 Å². The Morgan fingerprint density at radius 1 is 1.26 bits per heavy atom. The molecule has 2 atom stereocenters. The molecule has 1 N–H and O–H groups in total. The average molecular weight is 486 g/mol. The fraction of sp³-hybridized carbons (Fsp3) is 0.409. The van der Waals surface area contributed by atoms with Gasteiger partial charge >= 0.3 is 0 Å². The predicted molar refractivity (Wildman–Crippen MR) is 122 cm³/mol. The lowest BCUT2D eigenvalue weighted by Crippen LogP contribution is -2.44. The van der Waals surface area contributed by atoms with Gasteiger partial charge in [0.2, 0.25) is 11.8 Å². The highest BCUT2D eigenvalue weighted by atomic mass is 35.5. The van der Waals surface area contributed by atoms with E-state index >= 15 is 0 Å². The average Bonchev–Trinajstić information content (AvgIpc) is 3.47. The van der Waals surface area contributed by atoms with Gasteiger partial charge in [0.05, 0.1) is 43.7 Å². The predicted octanol–water partition coefficient (Wildman–Crippen LogP) is 1.72. The van der Waals surface area contributed by atoms with Crippen LogP contribution in [0.5, 0.6) is 11.6 Å². The number of carbonyl (C=O) groups excluding carboxylic acids is 1. The summed E-state index contributed by atoms with van der Waals surface area (Å²) in [6.07, 6.45) is 3.87. The molecule has 1 fully saturated rings. The number of aromatic nitrogens is 5. The largest absolute Gasteiger partial charge is 0.492 e. The second kappa shape index (κ2) is 9.82. The maximum absolute atomic E-state index is 13.1. The monoisotopic (exact) mass is 485 g/mol. The van der Waals surface area contributed by atoms with Gasteiger partial charge in [-0.2, -0.15) is 4.98 Å². The van der Waals surface area contributed by atoms with E-state index in [4.69, 9.17) is 25.8 Å². The molecular formula is C22H24ClN7O4. The number of halogens is 1. The highest BCUT2D eigenvalue weighted by molar-refractivity contribution is 6.32. The Kier molecular flexibility index (Phi) is 6.45. The summed E-state index contributed by atoms with van der Waals surface area (Å²) in [5.41, 5.74) is 1.17. The minimum atomic E-state index is -0.320. The van der Waals surface area contributed by atoms with Crippen molar-refractivity contribution in [1.82, 2.24) is 30.3 Å². The van der Waals surface area contributed by atoms with Gasteiger partial charge in [-0.25, -0.2) is 4.98 Å². The number of methoxy groups -OCH3 is 1. The number of aryl methyl sites for hydroxylation is 1. The zero-order valence-electron chi connectivity index (χ0n) is 18.6. The Morgan fingerprint density at radius 2 is 2.18 bits per heavy atom. The molecule has 2 aliphatic heterocycles. The number of rotatable bonds is 2. The highest BCUT2D eigenvalue weighted by Gasteiger charge is 2.36. The van der Waals surface area contributed by atoms with Crippen molar-refractivity contribution in [2.75, 3.05) is 31.7 Å². The van der Waals surface area contributed by atoms with Gasteiger partial charge in [-0.05, 0) is 18.2 Å². The van der Waals surface area contributed by atoms with Crippen LogP contribution in [0, 0.1) is 0 Å². The molecule has 1 saturated heterocycles. The van der Waals surface area contributed by atoms with Crippen molar-refractivity contribution < 1.29 is 19.0 Å². The molecule has 4 bridgehead atoms. The van der Waals surface area contributed by atoms with Gasteiger partial charge in [-0.1, -0.05) is 16.8 Å². The highest BCUT2D eigenvalue weighted by Crippen LogP contribution is 2.27. The summed E-state index contributed by atoms with van der Waals surface area (Å²) in [6, 6.07) is 6.37. The minimum Gasteiger partial charge on any atom is -0.492 e. The number of benzene rings is 1. The fourth-order valence-electron chi connectivity index (χ4n) is 3.97. The number of nitrogens with one attached hydrogen (secondary N) is 1. The van der Waals surface area contributed by atoms with Crippen molar-refractivity contribution in [1.29, 1.82) is 0 Å². The van der Waals surface area contributed by atoms with E-state index in [2.05, 4.69) is 25.6 Å². The molecule has 1 aromatic carbocycles. The lowest BCUT2D eigenvalue weighted by Gasteiger charge is -2.20. The number of amides is 1. The molecule has 2 aromatic heterocycles. The molecule has 2 aliphatic rings. The first-order chi connectivity index (χ1) is 16.6. The molecule has 4 heterocycles. The third-order valence-corrected chi connectivity index (χ3v) is 6.02. The first-order valence-corrected chi connectivity index (χ1v) is 11.3. The van der Waals surface area contributed by atoms with E-state index in [9.17, 15) is 4.79 Å². The van der Waals surface area contributed by atoms with Crippen LogP contribution in [-0.2, 0) is 17.9 Å². The number of nitrogens with zero attached hydrogens (tertiary/aromatic N) is 6. The molecule has 11 nitrogen and oxygen atoms in total. The standard InChI is InChI=1S/C22H24ClN7O4/c1-32-20-5-6-24-22(26-20)29-11-17-19(12-29)34-13-15-10-30(28-27-15)7-2-8-33-18-9-14(21(31)25-17)3-4-16(18)23/h3-6,9-10,17,19H,2,7-8,11-13H2,1H3,(H,25,31)/t17-,19-/m0/s1. The number of fused-ring (bicyclic) bond motifs is 5. The molecule has 178 valence electrons. The summed E-state index contributed by atoms with van der Waals surface area (Å²) < 4.78 is 19.0. The molecule has 0 spiro atoms. The van der Waals surface area contributed by atoms with E-state index in [0.29, 0.717) is 66.5 Å². The molecule has 0 aliphatic carbocycles. The molecule has 3 aromatic rings. The van der Waals surface area contributed by atoms with Gasteiger partial charge < -0.3 is 24.4 Å². The summed E-state index contributed by atoms with van der Waals surface area (Å²) in [7, 11) is 1.55. The van der Waals surface area contributed by atoms with Gasteiger partial charge in [-0.15, -0.1) is 5.10 Å². The summed E-state index contributed by atoms with van der Waals surface area (Å²) in [6.45, 7) is 2.29. The van der Waals surface area contributed by atoms with Gasteiger partial charge in [0.1, 0.15) is 11.4 Å². The van der Waals surface area contributed by atoms with Gasteiger partial charge in [0.15, 0.2) is 0 Å². The third kappa shape index (κ3) is 4.90. The van der Waals surface area contributed by atoms with Crippen LogP contribution in [0.3, 0.4) is 0 Å². The Bertz CT molecular complexity index is 1170. The van der Waals surface area contributed by atoms with Crippen LogP contribution in [0.1, 0.15) is 22.5 Å². The zero-order chi connectivity index (χ0) is 23.5. The summed E-state index contributed by atoms with van der Waals surface area (Å²) in [5.74, 6) is 1.19. The van der Waals surface area contributed by atoms with E-state index in [1.807, 2.05) is 11.1 Å². The minimum absolute atomic E-state index is 0.244. The van der Waals surface area contributed by atoms with Crippen LogP contribution in [0.4, 0.5) is 5.95 Å². The lowest BCUT2D eigenvalue weighted by atomic mass is 10.1. The molecule has 0 radical (unpaired) electrons. The second-order valence-corrected chi connectivity index (χ2v) is 8.46. The van der Waals surface area contributed by atoms with Crippen LogP contribution in [0.15, 0.2) is 36.7 Å². The Balaban J connectivity index is 1.42. The van der Waals surface area contributed by atoms with Crippen molar-refractivity contribution >= 4 is 23.5 Å². The van der Waals surface area contributed by atoms with Crippen molar-refractivity contribution in [3.63, 3.8) is 0 Å². The number of hydrogen-bond donors (Lipinski definition) is 1. The van der Waals surface area contributed by atoms with Crippen LogP contribution in [-0.4, -0.2) is 69.8 Å². The molecule has 0 saturated carbocycles. The fourth-order valence-corrected chi connectivity index (χ4v) is 4.14. The quantitative estimate of drug-likeness (QED) is 0.579. The second-order valence-electron chi connectivity index (χ2n) is 8.05. The van der Waals surface area contributed by atoms with E-state index in [-0.39, 0.29) is 24.7 Å². The Hall–Kier alpha value is -3.44. The van der Waals surface area contributed by atoms with Gasteiger partial charge in [0, 0.05) is 43.9 Å². The number of carbonyl (C=O) groups is 1. The molecule has 5 rings (SSSR count). The van der Waals surface area contributed by atoms with E-state index in [0.717, 1.165) is 0 Å². The molecule has 12 heteroatoms. The van der Waals surface area contributed by atoms with Gasteiger partial charge in [-0.3, -0.25) is 9.48 Å². The maximum atomic E-state index is 13.1. The SMILES string of the molecule is COc1ccnc(N2C[C@@H]3NC(=O)c4ccc(Cl)c(c4)OCCCn4cc(nn4)CO[C@H]3C2)n1. The third-order valence-electron chi connectivity index (χ3n) is 5.71. The summed E-state index contributed by atoms with van der Waals surface area (Å²) >= 11 is 6.28. The zero-order valence-corrected chi connectivity index (χ0v) is 19.3. The Morgan fingerprint density at radius 3 is 3.06 bits per heavy atom. The molecule has 34 heavy (non-hydrogen) atoms. The van der Waals surface area contributed by atoms with Crippen molar-refractivity contribution in [3.05, 3.63) is 52.9 Å². The smallest absolute Gasteiger partial charge is 0.251 e. The van der Waals surface area contributed by atoms with Crippen LogP contribution in [0.2, 0.25) is 5.02 Å². The van der Waals surface area contributed by atoms with E-state index < -0.39 is 0 Å². The lowest BCUT2D eigenvalue weighted by molar-refractivity contribution is 0.0347. The first-order valence-electron chi connectivity index (χ1n) is 10.9. The van der Waals surface area contributed by atoms with E-state index in [1.165, 1.54) is 0 Å². The maximum Gasteiger partial charge on any atom is 0.251 e. The van der Waals surface area contributed by atoms with Gasteiger partial charge in [0.25, 0.3) is 5.91 Å². The van der Waals surface area contributed by atoms with E-state index in [1.54, 1.807) is 42.3 Å². The van der Waals surface area contributed by atoms with Crippen molar-refractivity contribution in [3.8, 4) is 11.6 Å². The number of hydrogen-bond acceptors (Lipinski definition) is 9. The normalized spacial score (nSPS) is 20.9.